The summed E-state index contributed by atoms with van der Waals surface area (Å²) in [5.74, 6) is 2.36. The van der Waals surface area contributed by atoms with Crippen LogP contribution >= 0.6 is 24.0 Å². The number of benzene rings is 1. The Bertz CT molecular complexity index is 453. The lowest BCUT2D eigenvalue weighted by Crippen LogP contribution is -2.37. The van der Waals surface area contributed by atoms with E-state index in [4.69, 9.17) is 9.47 Å². The second kappa shape index (κ2) is 12.4. The van der Waals surface area contributed by atoms with Crippen molar-refractivity contribution in [1.82, 2.24) is 10.6 Å². The van der Waals surface area contributed by atoms with Crippen LogP contribution in [0.15, 0.2) is 23.2 Å². The number of hydrogen-bond acceptors (Lipinski definition) is 3. The second-order valence-corrected chi connectivity index (χ2v) is 4.69. The molecule has 0 unspecified atom stereocenters. The zero-order chi connectivity index (χ0) is 15.5. The standard InChI is InChI=1S/C16H27N3O2.HI/c1-5-9-18-16(17-3)19-12-13-7-8-14(21-10-6-2)15(11-13)20-4;/h7-8,11H,5-6,9-10,12H2,1-4H3,(H2,17,18,19);1H. The van der Waals surface area contributed by atoms with Crippen molar-refractivity contribution >= 4 is 29.9 Å². The minimum absolute atomic E-state index is 0. The molecule has 0 aliphatic heterocycles. The molecule has 126 valence electrons. The molecule has 0 heterocycles. The van der Waals surface area contributed by atoms with Crippen molar-refractivity contribution in [3.05, 3.63) is 23.8 Å². The molecule has 1 aromatic rings. The highest BCUT2D eigenvalue weighted by Crippen LogP contribution is 2.28. The van der Waals surface area contributed by atoms with Crippen molar-refractivity contribution in [2.24, 2.45) is 4.99 Å². The van der Waals surface area contributed by atoms with Gasteiger partial charge in [0.05, 0.1) is 13.7 Å². The van der Waals surface area contributed by atoms with E-state index < -0.39 is 0 Å². The van der Waals surface area contributed by atoms with Crippen molar-refractivity contribution in [2.45, 2.75) is 33.2 Å². The maximum atomic E-state index is 5.65. The lowest BCUT2D eigenvalue weighted by Gasteiger charge is -2.14. The SMILES string of the molecule is CCCNC(=NC)NCc1ccc(OCCC)c(OC)c1.I. The molecule has 0 spiro atoms. The van der Waals surface area contributed by atoms with Crippen LogP contribution in [0.5, 0.6) is 11.5 Å². The molecule has 0 aliphatic carbocycles. The van der Waals surface area contributed by atoms with Gasteiger partial charge in [0.25, 0.3) is 0 Å². The van der Waals surface area contributed by atoms with Gasteiger partial charge in [-0.15, -0.1) is 24.0 Å². The Kier molecular flexibility index (Phi) is 11.7. The molecular weight excluding hydrogens is 393 g/mol. The molecule has 0 saturated heterocycles. The number of methoxy groups -OCH3 is 1. The lowest BCUT2D eigenvalue weighted by molar-refractivity contribution is 0.294. The normalized spacial score (nSPS) is 10.6. The van der Waals surface area contributed by atoms with E-state index in [1.165, 1.54) is 0 Å². The molecule has 0 saturated carbocycles. The Morgan fingerprint density at radius 3 is 2.50 bits per heavy atom. The number of guanidine groups is 1. The van der Waals surface area contributed by atoms with E-state index in [2.05, 4.69) is 29.5 Å². The fourth-order valence-electron chi connectivity index (χ4n) is 1.80. The van der Waals surface area contributed by atoms with Gasteiger partial charge in [-0.05, 0) is 30.5 Å². The summed E-state index contributed by atoms with van der Waals surface area (Å²) in [7, 11) is 3.43. The first-order chi connectivity index (χ1) is 10.2. The third kappa shape index (κ3) is 7.20. The smallest absolute Gasteiger partial charge is 0.191 e. The molecule has 0 fully saturated rings. The van der Waals surface area contributed by atoms with E-state index in [1.54, 1.807) is 14.2 Å². The van der Waals surface area contributed by atoms with Crippen LogP contribution in [0.4, 0.5) is 0 Å². The van der Waals surface area contributed by atoms with Crippen LogP contribution < -0.4 is 20.1 Å². The number of halogens is 1. The summed E-state index contributed by atoms with van der Waals surface area (Å²) >= 11 is 0. The summed E-state index contributed by atoms with van der Waals surface area (Å²) in [6.07, 6.45) is 2.05. The van der Waals surface area contributed by atoms with Gasteiger partial charge in [-0.25, -0.2) is 0 Å². The van der Waals surface area contributed by atoms with Crippen LogP contribution in [-0.4, -0.2) is 33.3 Å². The highest BCUT2D eigenvalue weighted by atomic mass is 127. The van der Waals surface area contributed by atoms with Crippen LogP contribution in [0, 0.1) is 0 Å². The summed E-state index contributed by atoms with van der Waals surface area (Å²) in [5.41, 5.74) is 1.12. The van der Waals surface area contributed by atoms with E-state index in [0.717, 1.165) is 42.4 Å². The van der Waals surface area contributed by atoms with E-state index in [1.807, 2.05) is 18.2 Å². The summed E-state index contributed by atoms with van der Waals surface area (Å²) in [4.78, 5) is 4.18. The topological polar surface area (TPSA) is 54.9 Å². The monoisotopic (exact) mass is 421 g/mol. The van der Waals surface area contributed by atoms with Gasteiger partial charge in [0.15, 0.2) is 17.5 Å². The van der Waals surface area contributed by atoms with Gasteiger partial charge in [0.2, 0.25) is 0 Å². The Morgan fingerprint density at radius 1 is 1.14 bits per heavy atom. The van der Waals surface area contributed by atoms with Crippen molar-refractivity contribution < 1.29 is 9.47 Å². The largest absolute Gasteiger partial charge is 0.493 e. The van der Waals surface area contributed by atoms with Gasteiger partial charge in [0.1, 0.15) is 0 Å². The van der Waals surface area contributed by atoms with Crippen molar-refractivity contribution in [3.63, 3.8) is 0 Å². The molecule has 0 aromatic heterocycles. The molecule has 6 heteroatoms. The van der Waals surface area contributed by atoms with E-state index in [0.29, 0.717) is 13.2 Å². The first-order valence-electron chi connectivity index (χ1n) is 7.49. The third-order valence-electron chi connectivity index (χ3n) is 2.92. The van der Waals surface area contributed by atoms with Crippen LogP contribution in [0.2, 0.25) is 0 Å². The van der Waals surface area contributed by atoms with E-state index in [9.17, 15) is 0 Å². The molecule has 0 aliphatic rings. The second-order valence-electron chi connectivity index (χ2n) is 4.69. The summed E-state index contributed by atoms with van der Waals surface area (Å²) in [5, 5.41) is 6.52. The molecule has 0 amide bonds. The fraction of sp³-hybridized carbons (Fsp3) is 0.562. The molecule has 22 heavy (non-hydrogen) atoms. The van der Waals surface area contributed by atoms with Crippen LogP contribution in [0.1, 0.15) is 32.3 Å². The predicted molar refractivity (Wildman–Crippen MR) is 103 cm³/mol. The Labute approximate surface area is 150 Å². The molecule has 1 aromatic carbocycles. The number of ether oxygens (including phenoxy) is 2. The molecule has 0 bridgehead atoms. The molecular formula is C16H28IN3O2. The average Bonchev–Trinajstić information content (AvgIpc) is 2.53. The van der Waals surface area contributed by atoms with Crippen LogP contribution in [0.3, 0.4) is 0 Å². The van der Waals surface area contributed by atoms with E-state index >= 15 is 0 Å². The Balaban J connectivity index is 0.00000441. The van der Waals surface area contributed by atoms with Gasteiger partial charge in [0, 0.05) is 20.1 Å². The summed E-state index contributed by atoms with van der Waals surface area (Å²) in [6.45, 7) is 6.50. The summed E-state index contributed by atoms with van der Waals surface area (Å²) in [6, 6.07) is 5.98. The first kappa shape index (κ1) is 20.8. The number of nitrogens with one attached hydrogen (secondary N) is 2. The van der Waals surface area contributed by atoms with Gasteiger partial charge >= 0.3 is 0 Å². The molecule has 2 N–H and O–H groups in total. The van der Waals surface area contributed by atoms with Crippen molar-refractivity contribution in [3.8, 4) is 11.5 Å². The third-order valence-corrected chi connectivity index (χ3v) is 2.92. The maximum Gasteiger partial charge on any atom is 0.191 e. The number of aliphatic imine (C=N–C) groups is 1. The first-order valence-corrected chi connectivity index (χ1v) is 7.49. The minimum Gasteiger partial charge on any atom is -0.493 e. The number of hydrogen-bond donors (Lipinski definition) is 2. The number of rotatable bonds is 8. The van der Waals surface area contributed by atoms with Crippen molar-refractivity contribution in [1.29, 1.82) is 0 Å². The predicted octanol–water partition coefficient (Wildman–Crippen LogP) is 3.18. The van der Waals surface area contributed by atoms with Gasteiger partial charge in [-0.1, -0.05) is 19.9 Å². The fourth-order valence-corrected chi connectivity index (χ4v) is 1.80. The lowest BCUT2D eigenvalue weighted by atomic mass is 10.2. The minimum atomic E-state index is 0. The molecule has 0 atom stereocenters. The highest BCUT2D eigenvalue weighted by molar-refractivity contribution is 14.0. The van der Waals surface area contributed by atoms with Gasteiger partial charge in [-0.3, -0.25) is 4.99 Å². The van der Waals surface area contributed by atoms with Gasteiger partial charge in [-0.2, -0.15) is 0 Å². The quantitative estimate of drug-likeness (QED) is 0.385. The zero-order valence-electron chi connectivity index (χ0n) is 13.9. The van der Waals surface area contributed by atoms with Crippen molar-refractivity contribution in [2.75, 3.05) is 27.3 Å². The molecule has 0 radical (unpaired) electrons. The van der Waals surface area contributed by atoms with E-state index in [-0.39, 0.29) is 24.0 Å². The Morgan fingerprint density at radius 2 is 1.91 bits per heavy atom. The van der Waals surface area contributed by atoms with Gasteiger partial charge < -0.3 is 20.1 Å². The van der Waals surface area contributed by atoms with Crippen LogP contribution in [-0.2, 0) is 6.54 Å². The molecule has 5 nitrogen and oxygen atoms in total. The summed E-state index contributed by atoms with van der Waals surface area (Å²) < 4.78 is 11.0. The zero-order valence-corrected chi connectivity index (χ0v) is 16.3. The molecule has 1 rings (SSSR count). The Hall–Kier alpha value is -1.18. The highest BCUT2D eigenvalue weighted by Gasteiger charge is 2.06. The number of nitrogens with zero attached hydrogens (tertiary/aromatic N) is 1. The maximum absolute atomic E-state index is 5.65. The average molecular weight is 421 g/mol. The van der Waals surface area contributed by atoms with Crippen LogP contribution in [0.25, 0.3) is 0 Å².